The first kappa shape index (κ1) is 22.3. The molecule has 0 aromatic heterocycles. The van der Waals surface area contributed by atoms with Crippen molar-refractivity contribution in [2.75, 3.05) is 10.8 Å². The highest BCUT2D eigenvalue weighted by molar-refractivity contribution is 7.80. The van der Waals surface area contributed by atoms with Gasteiger partial charge in [0.15, 0.2) is 0 Å². The van der Waals surface area contributed by atoms with Crippen LogP contribution in [0.1, 0.15) is 21.5 Å². The van der Waals surface area contributed by atoms with Gasteiger partial charge in [0.25, 0.3) is 17.2 Å². The molecule has 2 N–H and O–H groups in total. The highest BCUT2D eigenvalue weighted by Crippen LogP contribution is 2.26. The first-order chi connectivity index (χ1) is 14.5. The second-order valence-corrected chi connectivity index (χ2v) is 8.20. The Morgan fingerprint density at radius 1 is 0.967 bits per heavy atom. The summed E-state index contributed by atoms with van der Waals surface area (Å²) in [5.74, 6) is -0.215. The molecule has 1 atom stereocenters. The monoisotopic (exact) mass is 462 g/mol. The second kappa shape index (κ2) is 10.6. The minimum absolute atomic E-state index is 0.215. The molecule has 0 saturated heterocycles. The fourth-order valence-electron chi connectivity index (χ4n) is 2.92. The van der Waals surface area contributed by atoms with Crippen LogP contribution in [-0.4, -0.2) is 21.2 Å². The topological polar surface area (TPSA) is 69.6 Å². The van der Waals surface area contributed by atoms with E-state index in [2.05, 4.69) is 5.32 Å². The normalized spacial score (nSPS) is 11.7. The zero-order chi connectivity index (χ0) is 21.5. The molecule has 0 spiro atoms. The average molecular weight is 463 g/mol. The maximum atomic E-state index is 12.4. The molecule has 1 unspecified atom stereocenters. The fourth-order valence-corrected chi connectivity index (χ4v) is 3.88. The fraction of sp³-hybridized carbons (Fsp3) is 0.136. The number of hydrogen-bond donors (Lipinski definition) is 2. The molecule has 0 fully saturated rings. The summed E-state index contributed by atoms with van der Waals surface area (Å²) < 4.78 is 22.9. The molecule has 0 saturated carbocycles. The highest BCUT2D eigenvalue weighted by Gasteiger charge is 2.15. The lowest BCUT2D eigenvalue weighted by Crippen LogP contribution is -2.28. The van der Waals surface area contributed by atoms with Crippen LogP contribution in [0.15, 0.2) is 72.8 Å². The summed E-state index contributed by atoms with van der Waals surface area (Å²) in [7, 11) is 0. The van der Waals surface area contributed by atoms with E-state index in [0.717, 1.165) is 11.1 Å². The summed E-state index contributed by atoms with van der Waals surface area (Å²) in [6.07, 6.45) is 0.436. The molecular formula is C22H20Cl2N2O3S. The Morgan fingerprint density at radius 3 is 2.33 bits per heavy atom. The Hall–Kier alpha value is -2.38. The number of rotatable bonds is 8. The lowest BCUT2D eigenvalue weighted by atomic mass is 10.1. The van der Waals surface area contributed by atoms with Gasteiger partial charge in [-0.1, -0.05) is 65.7 Å². The van der Waals surface area contributed by atoms with Gasteiger partial charge in [-0.25, -0.2) is 4.21 Å². The molecule has 8 heteroatoms. The minimum Gasteiger partial charge on any atom is -0.348 e. The summed E-state index contributed by atoms with van der Waals surface area (Å²) in [6.45, 7) is 0.678. The largest absolute Gasteiger partial charge is 0.348 e. The molecule has 0 aliphatic carbocycles. The molecule has 5 nitrogen and oxygen atoms in total. The maximum absolute atomic E-state index is 12.4. The van der Waals surface area contributed by atoms with E-state index in [1.807, 2.05) is 36.4 Å². The number of carbonyl (C=O) groups is 1. The maximum Gasteiger partial charge on any atom is 0.261 e. The lowest BCUT2D eigenvalue weighted by molar-refractivity contribution is 0.0951. The van der Waals surface area contributed by atoms with Crippen molar-refractivity contribution in [3.05, 3.63) is 99.5 Å². The van der Waals surface area contributed by atoms with Crippen LogP contribution in [0.3, 0.4) is 0 Å². The molecule has 0 heterocycles. The quantitative estimate of drug-likeness (QED) is 0.457. The first-order valence-electron chi connectivity index (χ1n) is 9.19. The van der Waals surface area contributed by atoms with E-state index in [1.165, 1.54) is 4.31 Å². The molecular weight excluding hydrogens is 443 g/mol. The van der Waals surface area contributed by atoms with E-state index < -0.39 is 11.3 Å². The zero-order valence-corrected chi connectivity index (χ0v) is 18.3. The van der Waals surface area contributed by atoms with Crippen molar-refractivity contribution in [2.24, 2.45) is 0 Å². The Bertz CT molecular complexity index is 1030. The van der Waals surface area contributed by atoms with E-state index in [-0.39, 0.29) is 12.5 Å². The number of nitrogens with one attached hydrogen (secondary N) is 1. The van der Waals surface area contributed by atoms with Crippen molar-refractivity contribution in [3.8, 4) is 0 Å². The van der Waals surface area contributed by atoms with Crippen molar-refractivity contribution in [1.29, 1.82) is 0 Å². The van der Waals surface area contributed by atoms with Crippen LogP contribution in [0.4, 0.5) is 5.69 Å². The molecule has 1 amide bonds. The molecule has 156 valence electrons. The van der Waals surface area contributed by atoms with Gasteiger partial charge in [0.05, 0.1) is 15.7 Å². The van der Waals surface area contributed by atoms with Gasteiger partial charge in [-0.05, 0) is 47.9 Å². The van der Waals surface area contributed by atoms with Crippen molar-refractivity contribution in [1.82, 2.24) is 5.32 Å². The van der Waals surface area contributed by atoms with Crippen LogP contribution in [0.5, 0.6) is 0 Å². The lowest BCUT2D eigenvalue weighted by Gasteiger charge is -2.20. The third-order valence-electron chi connectivity index (χ3n) is 4.52. The number of anilines is 1. The van der Waals surface area contributed by atoms with Gasteiger partial charge in [0, 0.05) is 18.7 Å². The minimum atomic E-state index is -2.23. The molecule has 3 aromatic carbocycles. The van der Waals surface area contributed by atoms with Crippen LogP contribution >= 0.6 is 23.2 Å². The predicted octanol–water partition coefficient (Wildman–Crippen LogP) is 5.11. The third kappa shape index (κ3) is 5.83. The summed E-state index contributed by atoms with van der Waals surface area (Å²) in [6, 6.07) is 21.5. The Kier molecular flexibility index (Phi) is 7.87. The number of amides is 1. The van der Waals surface area contributed by atoms with Gasteiger partial charge in [0.1, 0.15) is 0 Å². The average Bonchev–Trinajstić information content (AvgIpc) is 2.76. The summed E-state index contributed by atoms with van der Waals surface area (Å²) in [5.41, 5.74) is 2.78. The van der Waals surface area contributed by atoms with Gasteiger partial charge < -0.3 is 5.32 Å². The smallest absolute Gasteiger partial charge is 0.261 e. The summed E-state index contributed by atoms with van der Waals surface area (Å²) in [4.78, 5) is 12.4. The summed E-state index contributed by atoms with van der Waals surface area (Å²) in [5, 5.41) is 3.74. The van der Waals surface area contributed by atoms with Crippen molar-refractivity contribution >= 4 is 46.1 Å². The molecule has 0 aliphatic rings. The molecule has 0 aliphatic heterocycles. The Labute approximate surface area is 188 Å². The SMILES string of the molecule is O=C(NCc1ccccc1)c1ccc(N(CCc2cccc(Cl)c2Cl)S(=O)O)cc1. The van der Waals surface area contributed by atoms with Gasteiger partial charge in [0.2, 0.25) is 0 Å². The van der Waals surface area contributed by atoms with Crippen LogP contribution in [0.2, 0.25) is 10.0 Å². The van der Waals surface area contributed by atoms with Crippen molar-refractivity contribution in [2.45, 2.75) is 13.0 Å². The number of halogens is 2. The first-order valence-corrected chi connectivity index (χ1v) is 11.0. The van der Waals surface area contributed by atoms with E-state index in [1.54, 1.807) is 36.4 Å². The number of hydrogen-bond acceptors (Lipinski definition) is 2. The molecule has 0 bridgehead atoms. The number of nitrogens with zero attached hydrogens (tertiary/aromatic N) is 1. The molecule has 3 rings (SSSR count). The zero-order valence-electron chi connectivity index (χ0n) is 15.9. The van der Waals surface area contributed by atoms with Gasteiger partial charge >= 0.3 is 0 Å². The van der Waals surface area contributed by atoms with E-state index in [9.17, 15) is 13.6 Å². The molecule has 3 aromatic rings. The molecule has 0 radical (unpaired) electrons. The van der Waals surface area contributed by atoms with Gasteiger partial charge in [-0.2, -0.15) is 0 Å². The Balaban J connectivity index is 1.65. The van der Waals surface area contributed by atoms with Gasteiger partial charge in [-0.3, -0.25) is 13.7 Å². The third-order valence-corrected chi connectivity index (χ3v) is 6.15. The van der Waals surface area contributed by atoms with E-state index in [4.69, 9.17) is 23.2 Å². The van der Waals surface area contributed by atoms with Gasteiger partial charge in [-0.15, -0.1) is 0 Å². The van der Waals surface area contributed by atoms with Crippen LogP contribution in [0.25, 0.3) is 0 Å². The standard InChI is InChI=1S/C22H20Cl2N2O3S/c23-20-8-4-7-17(21(20)24)13-14-26(30(28)29)19-11-9-18(10-12-19)22(27)25-15-16-5-2-1-3-6-16/h1-12H,13-15H2,(H,25,27)(H,28,29). The van der Waals surface area contributed by atoms with Crippen LogP contribution < -0.4 is 9.62 Å². The van der Waals surface area contributed by atoms with Crippen molar-refractivity contribution < 1.29 is 13.6 Å². The summed E-state index contributed by atoms with van der Waals surface area (Å²) >= 11 is 10.00. The van der Waals surface area contributed by atoms with E-state index in [0.29, 0.717) is 34.3 Å². The number of carbonyl (C=O) groups excluding carboxylic acids is 1. The molecule has 30 heavy (non-hydrogen) atoms. The highest BCUT2D eigenvalue weighted by atomic mass is 35.5. The second-order valence-electron chi connectivity index (χ2n) is 6.51. The van der Waals surface area contributed by atoms with E-state index >= 15 is 0 Å². The van der Waals surface area contributed by atoms with Crippen LogP contribution in [0, 0.1) is 0 Å². The predicted molar refractivity (Wildman–Crippen MR) is 122 cm³/mol. The van der Waals surface area contributed by atoms with Crippen molar-refractivity contribution in [3.63, 3.8) is 0 Å². The van der Waals surface area contributed by atoms with Crippen LogP contribution in [-0.2, 0) is 24.2 Å². The number of benzene rings is 3. The Morgan fingerprint density at radius 2 is 1.67 bits per heavy atom.